The van der Waals surface area contributed by atoms with Gasteiger partial charge >= 0.3 is 0 Å². The molecule has 1 aromatic heterocycles. The van der Waals surface area contributed by atoms with Gasteiger partial charge in [-0.15, -0.1) is 0 Å². The van der Waals surface area contributed by atoms with Gasteiger partial charge in [0.1, 0.15) is 5.82 Å². The Labute approximate surface area is 157 Å². The summed E-state index contributed by atoms with van der Waals surface area (Å²) in [6.45, 7) is 3.71. The number of carbonyl (C=O) groups is 1. The molecule has 2 aliphatic heterocycles. The van der Waals surface area contributed by atoms with Gasteiger partial charge < -0.3 is 19.0 Å². The second-order valence-electron chi connectivity index (χ2n) is 7.50. The molecule has 1 atom stereocenters. The van der Waals surface area contributed by atoms with E-state index in [1.54, 1.807) is 19.1 Å². The van der Waals surface area contributed by atoms with Crippen LogP contribution >= 0.6 is 0 Å². The molecule has 0 N–H and O–H groups in total. The molecule has 0 bridgehead atoms. The van der Waals surface area contributed by atoms with Crippen LogP contribution in [0.4, 0.5) is 10.1 Å². The van der Waals surface area contributed by atoms with Crippen molar-refractivity contribution in [2.24, 2.45) is 0 Å². The zero-order chi connectivity index (χ0) is 19.0. The highest BCUT2D eigenvalue weighted by Gasteiger charge is 2.45. The number of rotatable bonds is 3. The number of carbonyl (C=O) groups excluding carboxylic acids is 1. The third-order valence-corrected chi connectivity index (χ3v) is 5.87. The van der Waals surface area contributed by atoms with Gasteiger partial charge in [0, 0.05) is 25.8 Å². The number of aryl methyl sites for hydroxylation is 1. The van der Waals surface area contributed by atoms with Crippen LogP contribution in [0, 0.1) is 12.7 Å². The second-order valence-corrected chi connectivity index (χ2v) is 7.50. The first-order valence-electron chi connectivity index (χ1n) is 9.29. The van der Waals surface area contributed by atoms with Gasteiger partial charge in [0.15, 0.2) is 6.39 Å². The van der Waals surface area contributed by atoms with E-state index >= 15 is 0 Å². The SMILES string of the molecule is Cc1ncoc1C(=O)N1CCC2(CC1)C[C@@H](N(C)c1ccc(F)cc1)CO2. The number of piperidine rings is 1. The number of nitrogens with zero attached hydrogens (tertiary/aromatic N) is 3. The van der Waals surface area contributed by atoms with Crippen LogP contribution in [0.1, 0.15) is 35.5 Å². The van der Waals surface area contributed by atoms with E-state index in [4.69, 9.17) is 9.15 Å². The van der Waals surface area contributed by atoms with Crippen LogP contribution in [0.3, 0.4) is 0 Å². The lowest BCUT2D eigenvalue weighted by Crippen LogP contribution is -2.47. The fraction of sp³-hybridized carbons (Fsp3) is 0.500. The molecule has 27 heavy (non-hydrogen) atoms. The number of aromatic nitrogens is 1. The first kappa shape index (κ1) is 18.0. The summed E-state index contributed by atoms with van der Waals surface area (Å²) in [5.41, 5.74) is 1.42. The minimum Gasteiger partial charge on any atom is -0.438 e. The number of amides is 1. The lowest BCUT2D eigenvalue weighted by Gasteiger charge is -2.38. The number of likely N-dealkylation sites (tertiary alicyclic amines) is 1. The third kappa shape index (κ3) is 3.43. The lowest BCUT2D eigenvalue weighted by molar-refractivity contribution is -0.0392. The number of halogens is 1. The zero-order valence-corrected chi connectivity index (χ0v) is 15.7. The van der Waals surface area contributed by atoms with Crippen LogP contribution < -0.4 is 4.90 Å². The van der Waals surface area contributed by atoms with Crippen molar-refractivity contribution < 1.29 is 18.3 Å². The summed E-state index contributed by atoms with van der Waals surface area (Å²) in [5, 5.41) is 0. The van der Waals surface area contributed by atoms with Crippen LogP contribution in [0.25, 0.3) is 0 Å². The van der Waals surface area contributed by atoms with Gasteiger partial charge in [-0.25, -0.2) is 9.37 Å². The van der Waals surface area contributed by atoms with Crippen molar-refractivity contribution in [2.75, 3.05) is 31.6 Å². The van der Waals surface area contributed by atoms with Crippen molar-refractivity contribution >= 4 is 11.6 Å². The van der Waals surface area contributed by atoms with Gasteiger partial charge in [0.2, 0.25) is 5.76 Å². The Kier molecular flexibility index (Phi) is 4.63. The number of hydrogen-bond acceptors (Lipinski definition) is 5. The van der Waals surface area contributed by atoms with E-state index in [1.165, 1.54) is 18.5 Å². The van der Waals surface area contributed by atoms with E-state index in [-0.39, 0.29) is 23.4 Å². The molecular formula is C20H24FN3O3. The number of anilines is 1. The summed E-state index contributed by atoms with van der Waals surface area (Å²) in [6.07, 6.45) is 3.83. The molecule has 3 heterocycles. The largest absolute Gasteiger partial charge is 0.438 e. The van der Waals surface area contributed by atoms with Crippen LogP contribution in [-0.4, -0.2) is 54.2 Å². The van der Waals surface area contributed by atoms with E-state index in [9.17, 15) is 9.18 Å². The average molecular weight is 373 g/mol. The van der Waals surface area contributed by atoms with E-state index in [0.29, 0.717) is 31.2 Å². The van der Waals surface area contributed by atoms with E-state index < -0.39 is 0 Å². The molecule has 7 heteroatoms. The van der Waals surface area contributed by atoms with Crippen molar-refractivity contribution in [3.8, 4) is 0 Å². The third-order valence-electron chi connectivity index (χ3n) is 5.87. The molecule has 1 spiro atoms. The summed E-state index contributed by atoms with van der Waals surface area (Å²) in [6, 6.07) is 6.79. The molecule has 0 aliphatic carbocycles. The minimum atomic E-state index is -0.231. The lowest BCUT2D eigenvalue weighted by atomic mass is 9.87. The molecule has 2 fully saturated rings. The highest BCUT2D eigenvalue weighted by molar-refractivity contribution is 5.92. The molecule has 4 rings (SSSR count). The summed E-state index contributed by atoms with van der Waals surface area (Å²) in [4.78, 5) is 20.6. The van der Waals surface area contributed by atoms with Gasteiger partial charge in [-0.3, -0.25) is 4.79 Å². The van der Waals surface area contributed by atoms with Gasteiger partial charge in [0.05, 0.1) is 23.9 Å². The second kappa shape index (κ2) is 6.96. The van der Waals surface area contributed by atoms with Crippen molar-refractivity contribution in [1.82, 2.24) is 9.88 Å². The fourth-order valence-corrected chi connectivity index (χ4v) is 4.07. The number of oxazole rings is 1. The smallest absolute Gasteiger partial charge is 0.291 e. The van der Waals surface area contributed by atoms with Crippen molar-refractivity contribution in [3.63, 3.8) is 0 Å². The van der Waals surface area contributed by atoms with E-state index in [2.05, 4.69) is 9.88 Å². The van der Waals surface area contributed by atoms with E-state index in [0.717, 1.165) is 24.9 Å². The minimum absolute atomic E-state index is 0.0992. The quantitative estimate of drug-likeness (QED) is 0.828. The topological polar surface area (TPSA) is 58.8 Å². The molecule has 2 saturated heterocycles. The molecule has 2 aliphatic rings. The summed E-state index contributed by atoms with van der Waals surface area (Å²) < 4.78 is 24.6. The molecule has 1 amide bonds. The average Bonchev–Trinajstić information content (AvgIpc) is 3.29. The zero-order valence-electron chi connectivity index (χ0n) is 15.7. The van der Waals surface area contributed by atoms with Crippen molar-refractivity contribution in [1.29, 1.82) is 0 Å². The van der Waals surface area contributed by atoms with E-state index in [1.807, 2.05) is 11.9 Å². The van der Waals surface area contributed by atoms with Gasteiger partial charge in [-0.1, -0.05) is 0 Å². The Morgan fingerprint density at radius 1 is 1.30 bits per heavy atom. The number of hydrogen-bond donors (Lipinski definition) is 0. The number of ether oxygens (including phenoxy) is 1. The predicted octanol–water partition coefficient (Wildman–Crippen LogP) is 3.02. The normalized spacial score (nSPS) is 21.6. The molecule has 0 unspecified atom stereocenters. The fourth-order valence-electron chi connectivity index (χ4n) is 4.07. The molecule has 6 nitrogen and oxygen atoms in total. The summed E-state index contributed by atoms with van der Waals surface area (Å²) in [7, 11) is 2.02. The monoisotopic (exact) mass is 373 g/mol. The van der Waals surface area contributed by atoms with Gasteiger partial charge in [0.25, 0.3) is 5.91 Å². The Balaban J connectivity index is 1.37. The Bertz CT molecular complexity index is 812. The van der Waals surface area contributed by atoms with Gasteiger partial charge in [-0.05, 0) is 50.5 Å². The maximum Gasteiger partial charge on any atom is 0.291 e. The molecule has 2 aromatic rings. The van der Waals surface area contributed by atoms with Crippen LogP contribution in [-0.2, 0) is 4.74 Å². The first-order chi connectivity index (χ1) is 13.0. The van der Waals surface area contributed by atoms with Crippen molar-refractivity contribution in [2.45, 2.75) is 37.8 Å². The molecule has 0 radical (unpaired) electrons. The summed E-state index contributed by atoms with van der Waals surface area (Å²) in [5.74, 6) is -0.00429. The van der Waals surface area contributed by atoms with Crippen LogP contribution in [0.5, 0.6) is 0 Å². The Morgan fingerprint density at radius 3 is 2.63 bits per heavy atom. The number of likely N-dealkylation sites (N-methyl/N-ethyl adjacent to an activating group) is 1. The molecule has 144 valence electrons. The predicted molar refractivity (Wildman–Crippen MR) is 98.3 cm³/mol. The highest BCUT2D eigenvalue weighted by Crippen LogP contribution is 2.38. The molecule has 0 saturated carbocycles. The van der Waals surface area contributed by atoms with Gasteiger partial charge in [-0.2, -0.15) is 0 Å². The maximum absolute atomic E-state index is 13.2. The maximum atomic E-state index is 13.2. The number of benzene rings is 1. The molecule has 1 aromatic carbocycles. The summed E-state index contributed by atoms with van der Waals surface area (Å²) >= 11 is 0. The van der Waals surface area contributed by atoms with Crippen molar-refractivity contribution in [3.05, 3.63) is 47.9 Å². The van der Waals surface area contributed by atoms with Crippen LogP contribution in [0.2, 0.25) is 0 Å². The molecular weight excluding hydrogens is 349 g/mol. The Morgan fingerprint density at radius 2 is 2.00 bits per heavy atom. The van der Waals surface area contributed by atoms with Crippen LogP contribution in [0.15, 0.2) is 35.1 Å². The standard InChI is InChI=1S/C20H24FN3O3/c1-14-18(26-13-22-14)19(25)24-9-7-20(8-10-24)11-17(12-27-20)23(2)16-5-3-15(21)4-6-16/h3-6,13,17H,7-12H2,1-2H3/t17-/m1/s1. The highest BCUT2D eigenvalue weighted by atomic mass is 19.1. The first-order valence-corrected chi connectivity index (χ1v) is 9.29. The Hall–Kier alpha value is -2.41.